The number of phenols is 1. The predicted molar refractivity (Wildman–Crippen MR) is 119 cm³/mol. The summed E-state index contributed by atoms with van der Waals surface area (Å²) in [4.78, 5) is 6.62. The van der Waals surface area contributed by atoms with Crippen molar-refractivity contribution in [2.24, 2.45) is 0 Å². The molecule has 0 bridgehead atoms. The van der Waals surface area contributed by atoms with Crippen molar-refractivity contribution >= 4 is 16.7 Å². The minimum absolute atomic E-state index is 0.0621. The molecule has 176 valence electrons. The average Bonchev–Trinajstić information content (AvgIpc) is 2.79. The second-order valence-corrected chi connectivity index (χ2v) is 8.49. The van der Waals surface area contributed by atoms with Crippen LogP contribution in [-0.2, 0) is 6.18 Å². The summed E-state index contributed by atoms with van der Waals surface area (Å²) in [5.41, 5.74) is 0.129. The summed E-state index contributed by atoms with van der Waals surface area (Å²) < 4.78 is 39.4. The standard InChI is InChI=1S/C23H26F3N5O2/c1-13-9-15(23(24,25)26)10-18(33)19(13)21-20-17(6-3-7-27-20)22(30-29-21)28-16-5-4-8-31(11-16)14(2)12-32/h3,6-7,9-10,14,16,32-33H,4-5,8,11-12H2,1-2H3,(H,28,30). The maximum atomic E-state index is 13.1. The first-order valence-corrected chi connectivity index (χ1v) is 10.8. The van der Waals surface area contributed by atoms with Gasteiger partial charge in [-0.3, -0.25) is 9.88 Å². The number of pyridine rings is 1. The first-order chi connectivity index (χ1) is 15.7. The molecule has 1 aliphatic rings. The van der Waals surface area contributed by atoms with Crippen molar-refractivity contribution in [3.8, 4) is 17.0 Å². The predicted octanol–water partition coefficient (Wildman–Crippen LogP) is 3.98. The highest BCUT2D eigenvalue weighted by atomic mass is 19.4. The van der Waals surface area contributed by atoms with E-state index in [2.05, 4.69) is 25.4 Å². The van der Waals surface area contributed by atoms with Crippen LogP contribution in [0.15, 0.2) is 30.5 Å². The van der Waals surface area contributed by atoms with Crippen LogP contribution in [0.25, 0.3) is 22.2 Å². The maximum Gasteiger partial charge on any atom is 0.416 e. The van der Waals surface area contributed by atoms with Crippen LogP contribution in [0.1, 0.15) is 30.9 Å². The number of phenolic OH excluding ortho intramolecular Hbond substituents is 1. The summed E-state index contributed by atoms with van der Waals surface area (Å²) in [6.07, 6.45) is -1.10. The summed E-state index contributed by atoms with van der Waals surface area (Å²) in [6.45, 7) is 5.22. The number of halogens is 3. The monoisotopic (exact) mass is 461 g/mol. The lowest BCUT2D eigenvalue weighted by molar-refractivity contribution is -0.137. The Hall–Kier alpha value is -2.98. The molecule has 3 N–H and O–H groups in total. The SMILES string of the molecule is Cc1cc(C(F)(F)F)cc(O)c1-c1nnc(NC2CCCN(C(C)CO)C2)c2cccnc12. The zero-order chi connectivity index (χ0) is 23.8. The van der Waals surface area contributed by atoms with Crippen molar-refractivity contribution in [1.82, 2.24) is 20.1 Å². The number of rotatable bonds is 5. The fourth-order valence-electron chi connectivity index (χ4n) is 4.34. The molecular weight excluding hydrogens is 435 g/mol. The van der Waals surface area contributed by atoms with E-state index >= 15 is 0 Å². The third-order valence-corrected chi connectivity index (χ3v) is 6.10. The van der Waals surface area contributed by atoms with E-state index in [0.717, 1.165) is 32.0 Å². The minimum Gasteiger partial charge on any atom is -0.507 e. The van der Waals surface area contributed by atoms with E-state index < -0.39 is 17.5 Å². The van der Waals surface area contributed by atoms with Gasteiger partial charge >= 0.3 is 6.18 Å². The molecule has 1 fully saturated rings. The molecule has 10 heteroatoms. The Bertz CT molecular complexity index is 1130. The van der Waals surface area contributed by atoms with Gasteiger partial charge in [0.05, 0.1) is 12.2 Å². The molecular formula is C23H26F3N5O2. The van der Waals surface area contributed by atoms with E-state index in [-0.39, 0.29) is 35.5 Å². The quantitative estimate of drug-likeness (QED) is 0.529. The van der Waals surface area contributed by atoms with Gasteiger partial charge in [-0.25, -0.2) is 0 Å². The van der Waals surface area contributed by atoms with Gasteiger partial charge in [0.1, 0.15) is 17.0 Å². The van der Waals surface area contributed by atoms with E-state index in [1.54, 1.807) is 12.3 Å². The number of likely N-dealkylation sites (tertiary alicyclic amines) is 1. The van der Waals surface area contributed by atoms with Gasteiger partial charge in [-0.15, -0.1) is 10.2 Å². The second-order valence-electron chi connectivity index (χ2n) is 8.49. The van der Waals surface area contributed by atoms with Crippen LogP contribution in [0.5, 0.6) is 5.75 Å². The van der Waals surface area contributed by atoms with Crippen LogP contribution >= 0.6 is 0 Å². The largest absolute Gasteiger partial charge is 0.507 e. The van der Waals surface area contributed by atoms with E-state index in [1.807, 2.05) is 13.0 Å². The molecule has 0 aliphatic carbocycles. The molecule has 1 aliphatic heterocycles. The lowest BCUT2D eigenvalue weighted by Gasteiger charge is -2.36. The topological polar surface area (TPSA) is 94.4 Å². The molecule has 33 heavy (non-hydrogen) atoms. The number of hydrogen-bond acceptors (Lipinski definition) is 7. The van der Waals surface area contributed by atoms with Gasteiger partial charge in [0.15, 0.2) is 5.82 Å². The Morgan fingerprint density at radius 2 is 2.06 bits per heavy atom. The number of alkyl halides is 3. The number of aryl methyl sites for hydroxylation is 1. The van der Waals surface area contributed by atoms with Gasteiger partial charge in [-0.05, 0) is 63.1 Å². The first-order valence-electron chi connectivity index (χ1n) is 10.8. The summed E-state index contributed by atoms with van der Waals surface area (Å²) in [7, 11) is 0. The van der Waals surface area contributed by atoms with Crippen LogP contribution in [0.3, 0.4) is 0 Å². The number of piperidine rings is 1. The Balaban J connectivity index is 1.71. The van der Waals surface area contributed by atoms with Gasteiger partial charge < -0.3 is 15.5 Å². The van der Waals surface area contributed by atoms with Gasteiger partial charge in [-0.1, -0.05) is 0 Å². The Morgan fingerprint density at radius 3 is 2.76 bits per heavy atom. The number of benzene rings is 1. The fraction of sp³-hybridized carbons (Fsp3) is 0.435. The number of aliphatic hydroxyl groups excluding tert-OH is 1. The molecule has 3 heterocycles. The Morgan fingerprint density at radius 1 is 1.27 bits per heavy atom. The molecule has 2 aromatic heterocycles. The zero-order valence-corrected chi connectivity index (χ0v) is 18.4. The number of aromatic nitrogens is 3. The summed E-state index contributed by atoms with van der Waals surface area (Å²) in [5, 5.41) is 32.6. The molecule has 0 saturated carbocycles. The van der Waals surface area contributed by atoms with Crippen LogP contribution in [0.2, 0.25) is 0 Å². The lowest BCUT2D eigenvalue weighted by Crippen LogP contribution is -2.47. The number of nitrogens with one attached hydrogen (secondary N) is 1. The van der Waals surface area contributed by atoms with Crippen molar-refractivity contribution < 1.29 is 23.4 Å². The smallest absolute Gasteiger partial charge is 0.416 e. The number of aromatic hydroxyl groups is 1. The number of aliphatic hydroxyl groups is 1. The summed E-state index contributed by atoms with van der Waals surface area (Å²) >= 11 is 0. The van der Waals surface area contributed by atoms with E-state index in [1.165, 1.54) is 6.92 Å². The molecule has 0 amide bonds. The van der Waals surface area contributed by atoms with Gasteiger partial charge in [0.25, 0.3) is 0 Å². The average molecular weight is 461 g/mol. The van der Waals surface area contributed by atoms with Crippen molar-refractivity contribution in [1.29, 1.82) is 0 Å². The van der Waals surface area contributed by atoms with E-state index in [0.29, 0.717) is 22.8 Å². The van der Waals surface area contributed by atoms with Gasteiger partial charge in [0.2, 0.25) is 0 Å². The molecule has 7 nitrogen and oxygen atoms in total. The van der Waals surface area contributed by atoms with E-state index in [9.17, 15) is 23.4 Å². The van der Waals surface area contributed by atoms with Gasteiger partial charge in [-0.2, -0.15) is 13.2 Å². The highest BCUT2D eigenvalue weighted by Gasteiger charge is 2.32. The first kappa shape index (κ1) is 23.2. The molecule has 2 unspecified atom stereocenters. The van der Waals surface area contributed by atoms with Crippen LogP contribution in [-0.4, -0.2) is 62.1 Å². The van der Waals surface area contributed by atoms with Crippen LogP contribution < -0.4 is 5.32 Å². The molecule has 0 radical (unpaired) electrons. The lowest BCUT2D eigenvalue weighted by atomic mass is 9.99. The summed E-state index contributed by atoms with van der Waals surface area (Å²) in [6, 6.07) is 5.40. The number of nitrogens with zero attached hydrogens (tertiary/aromatic N) is 4. The number of anilines is 1. The van der Waals surface area contributed by atoms with Crippen LogP contribution in [0, 0.1) is 6.92 Å². The maximum absolute atomic E-state index is 13.1. The Labute approximate surface area is 189 Å². The summed E-state index contributed by atoms with van der Waals surface area (Å²) in [5.74, 6) is -0.000364. The molecule has 3 aromatic rings. The third kappa shape index (κ3) is 4.72. The number of hydrogen-bond donors (Lipinski definition) is 3. The van der Waals surface area contributed by atoms with Crippen LogP contribution in [0.4, 0.5) is 19.0 Å². The highest BCUT2D eigenvalue weighted by Crippen LogP contribution is 2.40. The second kappa shape index (κ2) is 9.11. The number of fused-ring (bicyclic) bond motifs is 1. The van der Waals surface area contributed by atoms with Crippen molar-refractivity contribution in [3.63, 3.8) is 0 Å². The highest BCUT2D eigenvalue weighted by molar-refractivity contribution is 5.98. The normalized spacial score (nSPS) is 18.4. The molecule has 1 aromatic carbocycles. The Kier molecular flexibility index (Phi) is 6.40. The minimum atomic E-state index is -4.57. The zero-order valence-electron chi connectivity index (χ0n) is 18.4. The molecule has 4 rings (SSSR count). The van der Waals surface area contributed by atoms with Crippen molar-refractivity contribution in [2.75, 3.05) is 25.0 Å². The van der Waals surface area contributed by atoms with E-state index in [4.69, 9.17) is 0 Å². The van der Waals surface area contributed by atoms with Crippen molar-refractivity contribution in [3.05, 3.63) is 41.6 Å². The fourth-order valence-corrected chi connectivity index (χ4v) is 4.34. The molecule has 0 spiro atoms. The van der Waals surface area contributed by atoms with Crippen molar-refractivity contribution in [2.45, 2.75) is 44.9 Å². The molecule has 1 saturated heterocycles. The molecule has 2 atom stereocenters. The van der Waals surface area contributed by atoms with Gasteiger partial charge in [0, 0.05) is 35.8 Å². The third-order valence-electron chi connectivity index (χ3n) is 6.10.